The lowest BCUT2D eigenvalue weighted by Crippen LogP contribution is -2.57. The Morgan fingerprint density at radius 2 is 1.46 bits per heavy atom. The summed E-state index contributed by atoms with van der Waals surface area (Å²) in [6.45, 7) is 0. The van der Waals surface area contributed by atoms with Gasteiger partial charge in [-0.25, -0.2) is 4.79 Å². The van der Waals surface area contributed by atoms with E-state index in [1.165, 1.54) is 11.8 Å². The number of carbonyl (C=O) groups is 6. The summed E-state index contributed by atoms with van der Waals surface area (Å²) in [6, 6.07) is 2.32. The summed E-state index contributed by atoms with van der Waals surface area (Å²) in [5.74, 6) is -5.30. The molecule has 224 valence electrons. The Labute approximate surface area is 240 Å². The number of hydrogen-bond acceptors (Lipinski definition) is 8. The number of thioether (sulfide) groups is 1. The van der Waals surface area contributed by atoms with E-state index in [0.29, 0.717) is 5.75 Å². The van der Waals surface area contributed by atoms with Crippen LogP contribution in [0.25, 0.3) is 10.9 Å². The largest absolute Gasteiger partial charge is 0.481 e. The average Bonchev–Trinajstić information content (AvgIpc) is 3.32. The van der Waals surface area contributed by atoms with Crippen molar-refractivity contribution in [3.63, 3.8) is 0 Å². The van der Waals surface area contributed by atoms with Gasteiger partial charge in [0.05, 0.1) is 6.04 Å². The SMILES string of the molecule is CSCCC(NC(=O)C(CCC(N)=O)NC(=O)C(CCC(=O)O)NC(=O)C(N)Cc1c[nH]c2ccccc12)C(=O)O. The van der Waals surface area contributed by atoms with Crippen LogP contribution in [0.2, 0.25) is 0 Å². The van der Waals surface area contributed by atoms with Crippen molar-refractivity contribution in [2.75, 3.05) is 12.0 Å². The number of aromatic amines is 1. The van der Waals surface area contributed by atoms with Crippen LogP contribution in [0.1, 0.15) is 37.7 Å². The van der Waals surface area contributed by atoms with Crippen molar-refractivity contribution in [1.82, 2.24) is 20.9 Å². The molecule has 14 nitrogen and oxygen atoms in total. The lowest BCUT2D eigenvalue weighted by Gasteiger charge is -2.25. The predicted molar refractivity (Wildman–Crippen MR) is 152 cm³/mol. The molecule has 0 radical (unpaired) electrons. The van der Waals surface area contributed by atoms with Gasteiger partial charge in [-0.2, -0.15) is 11.8 Å². The lowest BCUT2D eigenvalue weighted by molar-refractivity contribution is -0.142. The van der Waals surface area contributed by atoms with E-state index in [1.807, 2.05) is 24.3 Å². The first kappa shape index (κ1) is 33.1. The van der Waals surface area contributed by atoms with Crippen LogP contribution in [0.5, 0.6) is 0 Å². The number of fused-ring (bicyclic) bond motifs is 1. The van der Waals surface area contributed by atoms with E-state index in [9.17, 15) is 33.9 Å². The number of carboxylic acids is 2. The van der Waals surface area contributed by atoms with Gasteiger partial charge in [-0.15, -0.1) is 0 Å². The van der Waals surface area contributed by atoms with E-state index in [1.54, 1.807) is 12.5 Å². The second kappa shape index (κ2) is 16.2. The standard InChI is InChI=1S/C26H36N6O8S/c1-41-11-10-20(26(39)40)32-25(38)18(6-8-21(28)33)31-24(37)19(7-9-22(34)35)30-23(36)16(27)12-14-13-29-17-5-3-2-4-15(14)17/h2-5,13,16,18-20,29H,6-12,27H2,1H3,(H2,28,33)(H,30,36)(H,31,37)(H,32,38)(H,34,35)(H,39,40). The Bertz CT molecular complexity index is 1250. The van der Waals surface area contributed by atoms with Gasteiger partial charge in [-0.05, 0) is 49.3 Å². The van der Waals surface area contributed by atoms with Gasteiger partial charge in [0.25, 0.3) is 0 Å². The molecule has 0 fully saturated rings. The van der Waals surface area contributed by atoms with E-state index in [0.717, 1.165) is 16.5 Å². The first-order chi connectivity index (χ1) is 19.4. The number of para-hydroxylation sites is 1. The van der Waals surface area contributed by atoms with E-state index in [-0.39, 0.29) is 32.1 Å². The minimum Gasteiger partial charge on any atom is -0.481 e. The van der Waals surface area contributed by atoms with Crippen LogP contribution in [0.3, 0.4) is 0 Å². The molecule has 4 unspecified atom stereocenters. The Kier molecular flexibility index (Phi) is 13.1. The summed E-state index contributed by atoms with van der Waals surface area (Å²) < 4.78 is 0. The minimum atomic E-state index is -1.39. The third kappa shape index (κ3) is 10.8. The molecule has 2 rings (SSSR count). The molecule has 0 spiro atoms. The van der Waals surface area contributed by atoms with Crippen LogP contribution >= 0.6 is 11.8 Å². The van der Waals surface area contributed by atoms with Crippen molar-refractivity contribution in [3.05, 3.63) is 36.0 Å². The maximum atomic E-state index is 13.2. The summed E-state index contributed by atoms with van der Waals surface area (Å²) in [7, 11) is 0. The van der Waals surface area contributed by atoms with Gasteiger partial charge >= 0.3 is 11.9 Å². The molecule has 0 saturated carbocycles. The third-order valence-corrected chi connectivity index (χ3v) is 6.91. The summed E-state index contributed by atoms with van der Waals surface area (Å²) in [4.78, 5) is 76.3. The monoisotopic (exact) mass is 592 g/mol. The first-order valence-corrected chi connectivity index (χ1v) is 14.3. The highest BCUT2D eigenvalue weighted by Crippen LogP contribution is 2.19. The molecule has 4 amide bonds. The summed E-state index contributed by atoms with van der Waals surface area (Å²) in [5.41, 5.74) is 12.9. The number of nitrogens with two attached hydrogens (primary N) is 2. The molecule has 4 atom stereocenters. The van der Waals surface area contributed by atoms with Gasteiger partial charge < -0.3 is 42.6 Å². The Morgan fingerprint density at radius 1 is 0.878 bits per heavy atom. The molecular weight excluding hydrogens is 556 g/mol. The lowest BCUT2D eigenvalue weighted by atomic mass is 10.0. The highest BCUT2D eigenvalue weighted by atomic mass is 32.2. The van der Waals surface area contributed by atoms with Crippen LogP contribution in [-0.4, -0.2) is 86.9 Å². The number of aromatic nitrogens is 1. The smallest absolute Gasteiger partial charge is 0.326 e. The molecule has 1 aromatic heterocycles. The zero-order valence-electron chi connectivity index (χ0n) is 22.6. The summed E-state index contributed by atoms with van der Waals surface area (Å²) in [6.07, 6.45) is 2.38. The predicted octanol–water partition coefficient (Wildman–Crippen LogP) is -0.540. The number of carbonyl (C=O) groups excluding carboxylic acids is 4. The van der Waals surface area contributed by atoms with Gasteiger partial charge in [0.1, 0.15) is 18.1 Å². The molecule has 1 heterocycles. The van der Waals surface area contributed by atoms with Crippen molar-refractivity contribution in [1.29, 1.82) is 0 Å². The van der Waals surface area contributed by atoms with E-state index >= 15 is 0 Å². The molecule has 2 aromatic rings. The number of amides is 4. The normalized spacial score (nSPS) is 13.9. The molecule has 0 aliphatic carbocycles. The number of rotatable bonds is 18. The van der Waals surface area contributed by atoms with Gasteiger partial charge in [0.15, 0.2) is 0 Å². The number of H-pyrrole nitrogens is 1. The fourth-order valence-corrected chi connectivity index (χ4v) is 4.51. The van der Waals surface area contributed by atoms with Gasteiger partial charge in [-0.1, -0.05) is 18.2 Å². The van der Waals surface area contributed by atoms with E-state index in [2.05, 4.69) is 20.9 Å². The number of carboxylic acid groups (broad SMARTS) is 2. The fraction of sp³-hybridized carbons (Fsp3) is 0.462. The molecule has 0 bridgehead atoms. The van der Waals surface area contributed by atoms with Gasteiger partial charge in [0, 0.05) is 29.9 Å². The van der Waals surface area contributed by atoms with Crippen molar-refractivity contribution in [2.24, 2.45) is 11.5 Å². The van der Waals surface area contributed by atoms with Crippen molar-refractivity contribution < 1.29 is 39.0 Å². The number of benzene rings is 1. The molecular formula is C26H36N6O8S. The van der Waals surface area contributed by atoms with E-state index < -0.39 is 66.2 Å². The Hall–Kier alpha value is -4.11. The molecule has 10 N–H and O–H groups in total. The molecule has 0 saturated heterocycles. The third-order valence-electron chi connectivity index (χ3n) is 6.27. The second-order valence-electron chi connectivity index (χ2n) is 9.41. The molecule has 1 aromatic carbocycles. The topological polar surface area (TPSA) is 247 Å². The molecule has 0 aliphatic heterocycles. The zero-order chi connectivity index (χ0) is 30.5. The van der Waals surface area contributed by atoms with E-state index in [4.69, 9.17) is 16.6 Å². The minimum absolute atomic E-state index is 0.115. The average molecular weight is 593 g/mol. The van der Waals surface area contributed by atoms with Crippen molar-refractivity contribution in [2.45, 2.75) is 62.7 Å². The molecule has 0 aliphatic rings. The maximum absolute atomic E-state index is 13.2. The van der Waals surface area contributed by atoms with Crippen LogP contribution in [-0.2, 0) is 35.2 Å². The second-order valence-corrected chi connectivity index (χ2v) is 10.4. The number of hydrogen-bond donors (Lipinski definition) is 8. The van der Waals surface area contributed by atoms with Crippen LogP contribution < -0.4 is 27.4 Å². The van der Waals surface area contributed by atoms with Gasteiger partial charge in [0.2, 0.25) is 23.6 Å². The maximum Gasteiger partial charge on any atom is 0.326 e. The fourth-order valence-electron chi connectivity index (χ4n) is 4.04. The quantitative estimate of drug-likeness (QED) is 0.110. The first-order valence-electron chi connectivity index (χ1n) is 12.9. The number of primary amides is 1. The Balaban J connectivity index is 2.16. The summed E-state index contributed by atoms with van der Waals surface area (Å²) >= 11 is 1.38. The number of nitrogens with one attached hydrogen (secondary N) is 4. The summed E-state index contributed by atoms with van der Waals surface area (Å²) in [5, 5.41) is 26.7. The number of aliphatic carboxylic acids is 2. The van der Waals surface area contributed by atoms with Crippen molar-refractivity contribution in [3.8, 4) is 0 Å². The van der Waals surface area contributed by atoms with Crippen molar-refractivity contribution >= 4 is 58.2 Å². The Morgan fingerprint density at radius 3 is 2.05 bits per heavy atom. The molecule has 15 heteroatoms. The van der Waals surface area contributed by atoms with Crippen LogP contribution in [0, 0.1) is 0 Å². The zero-order valence-corrected chi connectivity index (χ0v) is 23.4. The van der Waals surface area contributed by atoms with Crippen LogP contribution in [0.15, 0.2) is 30.5 Å². The highest BCUT2D eigenvalue weighted by Gasteiger charge is 2.31. The van der Waals surface area contributed by atoms with Gasteiger partial charge in [-0.3, -0.25) is 24.0 Å². The highest BCUT2D eigenvalue weighted by molar-refractivity contribution is 7.98. The molecule has 41 heavy (non-hydrogen) atoms. The van der Waals surface area contributed by atoms with Crippen LogP contribution in [0.4, 0.5) is 0 Å².